The van der Waals surface area contributed by atoms with Crippen LogP contribution >= 0.6 is 0 Å². The highest BCUT2D eigenvalue weighted by molar-refractivity contribution is 7.90. The second kappa shape index (κ2) is 7.87. The second-order valence-corrected chi connectivity index (χ2v) is 6.57. The maximum atomic E-state index is 12.9. The quantitative estimate of drug-likeness (QED) is 0.675. The number of hydrogen-bond donors (Lipinski definition) is 1. The summed E-state index contributed by atoms with van der Waals surface area (Å²) in [4.78, 5) is 22.8. The maximum Gasteiger partial charge on any atom is 0.517 e. The van der Waals surface area contributed by atoms with Crippen LogP contribution in [0.3, 0.4) is 0 Å². The van der Waals surface area contributed by atoms with E-state index in [2.05, 4.69) is 9.47 Å². The lowest BCUT2D eigenvalue weighted by atomic mass is 10.0. The maximum absolute atomic E-state index is 12.9. The lowest BCUT2D eigenvalue weighted by Crippen LogP contribution is -2.31. The average molecular weight is 388 g/mol. The molecule has 0 fully saturated rings. The van der Waals surface area contributed by atoms with Gasteiger partial charge in [0.05, 0.1) is 26.3 Å². The van der Waals surface area contributed by atoms with Gasteiger partial charge in [-0.2, -0.15) is 21.6 Å². The Balaban J connectivity index is 3.61. The highest BCUT2D eigenvalue weighted by Crippen LogP contribution is 2.30. The number of nitrogens with two attached hydrogens (primary N) is 1. The molecule has 0 aliphatic carbocycles. The zero-order chi connectivity index (χ0) is 20.3. The SMILES string of the molecule is [3H][C@@H](N)c1c(CC(=O)OC)c(CCC(=O)OC)cn1S(=O)(=O)C(F)(F)F. The van der Waals surface area contributed by atoms with E-state index in [1.54, 1.807) is 0 Å². The lowest BCUT2D eigenvalue weighted by molar-refractivity contribution is -0.141. The summed E-state index contributed by atoms with van der Waals surface area (Å²) in [6.45, 7) is -1.89. The molecule has 0 radical (unpaired) electrons. The summed E-state index contributed by atoms with van der Waals surface area (Å²) in [6, 6.07) is 0. The fourth-order valence-corrected chi connectivity index (χ4v) is 2.96. The van der Waals surface area contributed by atoms with E-state index in [9.17, 15) is 31.2 Å². The minimum absolute atomic E-state index is 0.0636. The Morgan fingerprint density at radius 2 is 1.84 bits per heavy atom. The summed E-state index contributed by atoms with van der Waals surface area (Å²) in [5, 5.41) is 0. The number of aromatic nitrogens is 1. The van der Waals surface area contributed by atoms with Gasteiger partial charge in [-0.1, -0.05) is 0 Å². The zero-order valence-electron chi connectivity index (χ0n) is 14.3. The predicted molar refractivity (Wildman–Crippen MR) is 78.8 cm³/mol. The van der Waals surface area contributed by atoms with Gasteiger partial charge in [0.1, 0.15) is 0 Å². The molecule has 0 amide bonds. The number of alkyl halides is 3. The molecule has 0 saturated carbocycles. The van der Waals surface area contributed by atoms with E-state index in [1.165, 1.54) is 0 Å². The summed E-state index contributed by atoms with van der Waals surface area (Å²) < 4.78 is 78.6. The molecule has 2 N–H and O–H groups in total. The van der Waals surface area contributed by atoms with Crippen LogP contribution < -0.4 is 5.73 Å². The Morgan fingerprint density at radius 3 is 2.28 bits per heavy atom. The van der Waals surface area contributed by atoms with Crippen molar-refractivity contribution < 1.29 is 42.0 Å². The number of esters is 2. The van der Waals surface area contributed by atoms with Gasteiger partial charge in [0.25, 0.3) is 0 Å². The van der Waals surface area contributed by atoms with Crippen LogP contribution in [0.15, 0.2) is 6.20 Å². The molecule has 0 bridgehead atoms. The molecule has 142 valence electrons. The number of rotatable bonds is 7. The number of aryl methyl sites for hydroxylation is 1. The molecular weight excluding hydrogens is 369 g/mol. The van der Waals surface area contributed by atoms with Gasteiger partial charge in [-0.3, -0.25) is 9.59 Å². The third kappa shape index (κ3) is 4.51. The standard InChI is InChI=1S/C13H17F3N2O6S/c1-23-11(19)4-3-8-7-18(25(21,22)13(14,15)16)10(6-17)9(8)5-12(20)24-2/h7H,3-6,17H2,1-2H3/i6T/t6-/m1/s1. The van der Waals surface area contributed by atoms with Crippen molar-refractivity contribution in [2.75, 3.05) is 14.2 Å². The first-order valence-corrected chi connectivity index (χ1v) is 8.17. The van der Waals surface area contributed by atoms with Crippen LogP contribution in [0.25, 0.3) is 0 Å². The molecule has 1 atom stereocenters. The van der Waals surface area contributed by atoms with E-state index < -0.39 is 46.1 Å². The van der Waals surface area contributed by atoms with E-state index in [4.69, 9.17) is 7.10 Å². The van der Waals surface area contributed by atoms with Crippen LogP contribution in [-0.4, -0.2) is 44.1 Å². The molecular formula is C13H17F3N2O6S. The second-order valence-electron chi connectivity index (χ2n) is 4.76. The third-order valence-electron chi connectivity index (χ3n) is 3.29. The summed E-state index contributed by atoms with van der Waals surface area (Å²) in [7, 11) is -3.76. The molecule has 12 heteroatoms. The van der Waals surface area contributed by atoms with Crippen molar-refractivity contribution in [2.45, 2.75) is 31.3 Å². The first-order chi connectivity index (χ1) is 11.9. The van der Waals surface area contributed by atoms with Crippen molar-refractivity contribution in [3.8, 4) is 0 Å². The molecule has 1 aromatic rings. The van der Waals surface area contributed by atoms with Crippen LogP contribution in [0.4, 0.5) is 13.2 Å². The Kier molecular flexibility index (Phi) is 6.06. The van der Waals surface area contributed by atoms with Gasteiger partial charge < -0.3 is 15.2 Å². The van der Waals surface area contributed by atoms with Crippen molar-refractivity contribution in [3.63, 3.8) is 0 Å². The fourth-order valence-electron chi connectivity index (χ4n) is 2.05. The molecule has 1 heterocycles. The minimum Gasteiger partial charge on any atom is -0.469 e. The normalized spacial score (nSPS) is 13.9. The lowest BCUT2D eigenvalue weighted by Gasteiger charge is -2.12. The van der Waals surface area contributed by atoms with Gasteiger partial charge in [0, 0.05) is 20.5 Å². The third-order valence-corrected chi connectivity index (χ3v) is 4.70. The molecule has 0 spiro atoms. The van der Waals surface area contributed by atoms with Gasteiger partial charge in [0.15, 0.2) is 0 Å². The topological polar surface area (TPSA) is 118 Å². The van der Waals surface area contributed by atoms with Gasteiger partial charge in [-0.25, -0.2) is 3.97 Å². The van der Waals surface area contributed by atoms with Gasteiger partial charge in [-0.15, -0.1) is 0 Å². The van der Waals surface area contributed by atoms with Crippen LogP contribution in [-0.2, 0) is 48.4 Å². The fraction of sp³-hybridized carbons (Fsp3) is 0.538. The van der Waals surface area contributed by atoms with Crippen molar-refractivity contribution in [3.05, 3.63) is 23.0 Å². The molecule has 1 aromatic heterocycles. The van der Waals surface area contributed by atoms with Gasteiger partial charge in [0.2, 0.25) is 0 Å². The Hall–Kier alpha value is -2.08. The molecule has 0 aliphatic rings. The van der Waals surface area contributed by atoms with Crippen LogP contribution in [0.5, 0.6) is 0 Å². The highest BCUT2D eigenvalue weighted by Gasteiger charge is 2.48. The smallest absolute Gasteiger partial charge is 0.469 e. The van der Waals surface area contributed by atoms with E-state index in [1.807, 2.05) is 0 Å². The zero-order valence-corrected chi connectivity index (χ0v) is 14.1. The van der Waals surface area contributed by atoms with E-state index in [0.29, 0.717) is 6.20 Å². The summed E-state index contributed by atoms with van der Waals surface area (Å²) >= 11 is 0. The van der Waals surface area contributed by atoms with Crippen molar-refractivity contribution >= 4 is 22.0 Å². The van der Waals surface area contributed by atoms with Gasteiger partial charge in [-0.05, 0) is 17.5 Å². The average Bonchev–Trinajstić information content (AvgIpc) is 2.90. The molecule has 0 aliphatic heterocycles. The monoisotopic (exact) mass is 388 g/mol. The largest absolute Gasteiger partial charge is 0.517 e. The molecule has 0 saturated heterocycles. The first kappa shape index (κ1) is 19.2. The van der Waals surface area contributed by atoms with Crippen molar-refractivity contribution in [2.24, 2.45) is 5.73 Å². The highest BCUT2D eigenvalue weighted by atomic mass is 32.2. The van der Waals surface area contributed by atoms with Crippen LogP contribution in [0, 0.1) is 0 Å². The first-order valence-electron chi connectivity index (χ1n) is 7.30. The summed E-state index contributed by atoms with van der Waals surface area (Å²) in [5.74, 6) is -1.58. The Bertz CT molecular complexity index is 789. The molecule has 0 unspecified atom stereocenters. The number of carbonyl (C=O) groups is 2. The number of carbonyl (C=O) groups excluding carboxylic acids is 2. The molecule has 1 rings (SSSR count). The van der Waals surface area contributed by atoms with E-state index in [0.717, 1.165) is 14.2 Å². The number of halogens is 3. The van der Waals surface area contributed by atoms with Crippen LogP contribution in [0.1, 0.15) is 24.6 Å². The predicted octanol–water partition coefficient (Wildman–Crippen LogP) is 0.466. The Labute approximate surface area is 143 Å². The molecule has 8 nitrogen and oxygen atoms in total. The van der Waals surface area contributed by atoms with Crippen molar-refractivity contribution in [1.29, 1.82) is 0 Å². The summed E-state index contributed by atoms with van der Waals surface area (Å²) in [5.41, 5.74) is -1.32. The minimum atomic E-state index is -5.89. The van der Waals surface area contributed by atoms with Crippen molar-refractivity contribution in [1.82, 2.24) is 3.97 Å². The molecule has 0 aromatic carbocycles. The van der Waals surface area contributed by atoms with E-state index >= 15 is 0 Å². The Morgan fingerprint density at radius 1 is 1.28 bits per heavy atom. The van der Waals surface area contributed by atoms with E-state index in [-0.39, 0.29) is 27.9 Å². The number of hydrogen-bond acceptors (Lipinski definition) is 7. The number of methoxy groups -OCH3 is 2. The molecule has 25 heavy (non-hydrogen) atoms. The van der Waals surface area contributed by atoms with Crippen LogP contribution in [0.2, 0.25) is 0 Å². The number of nitrogens with zero attached hydrogens (tertiary/aromatic N) is 1. The number of ether oxygens (including phenoxy) is 2. The van der Waals surface area contributed by atoms with Gasteiger partial charge >= 0.3 is 27.5 Å². The summed E-state index contributed by atoms with van der Waals surface area (Å²) in [6.07, 6.45) is -0.518.